The molecule has 10 nitrogen and oxygen atoms in total. The quantitative estimate of drug-likeness (QED) is 0.396. The number of nitrogens with zero attached hydrogens (tertiary/aromatic N) is 2. The number of hydrogen-bond acceptors (Lipinski definition) is 7. The van der Waals surface area contributed by atoms with Gasteiger partial charge < -0.3 is 4.74 Å². The molecule has 0 aliphatic heterocycles. The average molecular weight is 396 g/mol. The minimum Gasteiger partial charge on any atom is -0.465 e. The first-order valence-electron chi connectivity index (χ1n) is 8.14. The van der Waals surface area contributed by atoms with Crippen LogP contribution in [-0.4, -0.2) is 36.6 Å². The highest BCUT2D eigenvalue weighted by Crippen LogP contribution is 2.26. The van der Waals surface area contributed by atoms with E-state index in [0.29, 0.717) is 0 Å². The highest BCUT2D eigenvalue weighted by atomic mass is 32.2. The number of carbonyl (C=O) groups excluding carboxylic acids is 1. The molecule has 1 aromatic heterocycles. The number of esters is 1. The van der Waals surface area contributed by atoms with Crippen LogP contribution in [0.3, 0.4) is 0 Å². The molecule has 0 saturated heterocycles. The maximum Gasteiger partial charge on any atom is 0.344 e. The Morgan fingerprint density at radius 2 is 2.11 bits per heavy atom. The first kappa shape index (κ1) is 20.4. The third kappa shape index (κ3) is 4.61. The molecular weight excluding hydrogens is 376 g/mol. The second-order valence-electron chi connectivity index (χ2n) is 5.93. The number of rotatable bonds is 8. The van der Waals surface area contributed by atoms with E-state index in [1.165, 1.54) is 0 Å². The Hall–Kier alpha value is -2.95. The van der Waals surface area contributed by atoms with Crippen molar-refractivity contribution < 1.29 is 22.9 Å². The predicted octanol–water partition coefficient (Wildman–Crippen LogP) is 2.81. The van der Waals surface area contributed by atoms with Gasteiger partial charge in [-0.25, -0.2) is 13.2 Å². The number of nitro groups is 1. The van der Waals surface area contributed by atoms with Crippen molar-refractivity contribution in [1.82, 2.24) is 10.2 Å². The third-order valence-corrected chi connectivity index (χ3v) is 5.32. The molecular formula is C16H20N4O6S. The lowest BCUT2D eigenvalue weighted by atomic mass is 10.0. The molecule has 11 heteroatoms. The molecule has 0 aliphatic carbocycles. The molecule has 2 aromatic rings. The molecule has 1 unspecified atom stereocenters. The second-order valence-corrected chi connectivity index (χ2v) is 7.61. The van der Waals surface area contributed by atoms with E-state index < -0.39 is 26.6 Å². The van der Waals surface area contributed by atoms with Crippen molar-refractivity contribution in [3.63, 3.8) is 0 Å². The number of anilines is 1. The number of aromatic amines is 1. The summed E-state index contributed by atoms with van der Waals surface area (Å²) in [4.78, 5) is 21.6. The van der Waals surface area contributed by atoms with Crippen LogP contribution in [0.15, 0.2) is 29.2 Å². The molecule has 146 valence electrons. The van der Waals surface area contributed by atoms with Crippen LogP contribution in [0.5, 0.6) is 0 Å². The molecule has 0 radical (unpaired) electrons. The number of nitro benzene ring substituents is 1. The maximum atomic E-state index is 12.5. The molecule has 0 saturated carbocycles. The highest BCUT2D eigenvalue weighted by molar-refractivity contribution is 7.92. The fourth-order valence-electron chi connectivity index (χ4n) is 2.54. The lowest BCUT2D eigenvalue weighted by Crippen LogP contribution is -2.14. The summed E-state index contributed by atoms with van der Waals surface area (Å²) in [6.45, 7) is 4.03. The van der Waals surface area contributed by atoms with Crippen LogP contribution in [0.1, 0.15) is 48.7 Å². The Kier molecular flexibility index (Phi) is 6.16. The average Bonchev–Trinajstić information content (AvgIpc) is 3.08. The molecule has 0 spiro atoms. The lowest BCUT2D eigenvalue weighted by Gasteiger charge is -2.07. The third-order valence-electron chi connectivity index (χ3n) is 3.97. The van der Waals surface area contributed by atoms with Crippen molar-refractivity contribution in [2.45, 2.75) is 37.5 Å². The number of nitrogens with one attached hydrogen (secondary N) is 2. The molecule has 2 N–H and O–H groups in total. The fourth-order valence-corrected chi connectivity index (χ4v) is 3.55. The summed E-state index contributed by atoms with van der Waals surface area (Å²) in [5, 5.41) is 17.9. The van der Waals surface area contributed by atoms with Gasteiger partial charge in [-0.05, 0) is 24.5 Å². The van der Waals surface area contributed by atoms with Gasteiger partial charge >= 0.3 is 5.97 Å². The van der Waals surface area contributed by atoms with Crippen molar-refractivity contribution in [3.05, 3.63) is 45.6 Å². The van der Waals surface area contributed by atoms with E-state index in [1.54, 1.807) is 6.07 Å². The number of methoxy groups -OCH3 is 1. The van der Waals surface area contributed by atoms with E-state index in [0.717, 1.165) is 43.8 Å². The zero-order chi connectivity index (χ0) is 20.2. The summed E-state index contributed by atoms with van der Waals surface area (Å²) in [7, 11) is -3.06. The number of ether oxygens (including phenoxy) is 1. The summed E-state index contributed by atoms with van der Waals surface area (Å²) >= 11 is 0. The molecule has 1 heterocycles. The smallest absolute Gasteiger partial charge is 0.344 e. The normalized spacial score (nSPS) is 12.4. The van der Waals surface area contributed by atoms with E-state index >= 15 is 0 Å². The van der Waals surface area contributed by atoms with Crippen LogP contribution < -0.4 is 4.72 Å². The largest absolute Gasteiger partial charge is 0.465 e. The van der Waals surface area contributed by atoms with E-state index in [1.807, 2.05) is 13.8 Å². The summed E-state index contributed by atoms with van der Waals surface area (Å²) in [6, 6.07) is 4.52. The lowest BCUT2D eigenvalue weighted by molar-refractivity contribution is -0.385. The van der Waals surface area contributed by atoms with Crippen molar-refractivity contribution in [2.75, 3.05) is 11.8 Å². The second kappa shape index (κ2) is 8.16. The first-order valence-corrected chi connectivity index (χ1v) is 9.62. The minimum atomic E-state index is -4.13. The van der Waals surface area contributed by atoms with Crippen molar-refractivity contribution in [1.29, 1.82) is 0 Å². The molecule has 1 aromatic carbocycles. The topological polar surface area (TPSA) is 144 Å². The van der Waals surface area contributed by atoms with Gasteiger partial charge in [-0.2, -0.15) is 5.10 Å². The monoisotopic (exact) mass is 396 g/mol. The Morgan fingerprint density at radius 3 is 2.70 bits per heavy atom. The molecule has 0 fully saturated rings. The van der Waals surface area contributed by atoms with Gasteiger partial charge in [0.2, 0.25) is 0 Å². The van der Waals surface area contributed by atoms with Crippen molar-refractivity contribution in [3.8, 4) is 0 Å². The van der Waals surface area contributed by atoms with Gasteiger partial charge in [0, 0.05) is 17.8 Å². The van der Waals surface area contributed by atoms with E-state index in [-0.39, 0.29) is 22.2 Å². The van der Waals surface area contributed by atoms with Crippen molar-refractivity contribution >= 4 is 27.5 Å². The van der Waals surface area contributed by atoms with Crippen LogP contribution in [-0.2, 0) is 14.8 Å². The zero-order valence-electron chi connectivity index (χ0n) is 15.1. The van der Waals surface area contributed by atoms with E-state index in [4.69, 9.17) is 0 Å². The summed E-state index contributed by atoms with van der Waals surface area (Å²) in [6.07, 6.45) is 1.88. The van der Waals surface area contributed by atoms with Gasteiger partial charge in [-0.1, -0.05) is 20.3 Å². The van der Waals surface area contributed by atoms with Crippen LogP contribution >= 0.6 is 0 Å². The van der Waals surface area contributed by atoms with Gasteiger partial charge in [0.25, 0.3) is 15.7 Å². The SMILES string of the molecule is CCCC(C)c1cc(NS(=O)(=O)c2ccc(C(=O)OC)c([N+](=O)[O-])c2)n[nH]1. The Morgan fingerprint density at radius 1 is 1.41 bits per heavy atom. The molecule has 0 amide bonds. The van der Waals surface area contributed by atoms with Crippen molar-refractivity contribution in [2.24, 2.45) is 0 Å². The van der Waals surface area contributed by atoms with E-state index in [9.17, 15) is 23.3 Å². The fraction of sp³-hybridized carbons (Fsp3) is 0.375. The number of hydrogen-bond donors (Lipinski definition) is 2. The number of sulfonamides is 1. The molecule has 0 aliphatic rings. The minimum absolute atomic E-state index is 0.0765. The number of H-pyrrole nitrogens is 1. The zero-order valence-corrected chi connectivity index (χ0v) is 15.9. The number of benzene rings is 1. The molecule has 1 atom stereocenters. The number of aromatic nitrogens is 2. The number of carbonyl (C=O) groups is 1. The van der Waals surface area contributed by atoms with Gasteiger partial charge in [-0.15, -0.1) is 0 Å². The Bertz CT molecular complexity index is 954. The molecule has 2 rings (SSSR count). The summed E-state index contributed by atoms with van der Waals surface area (Å²) in [5.41, 5.74) is -0.220. The van der Waals surface area contributed by atoms with Gasteiger partial charge in [0.15, 0.2) is 5.82 Å². The van der Waals surface area contributed by atoms with E-state index in [2.05, 4.69) is 19.7 Å². The predicted molar refractivity (Wildman–Crippen MR) is 97.2 cm³/mol. The van der Waals surface area contributed by atoms with Crippen LogP contribution in [0.2, 0.25) is 0 Å². The maximum absolute atomic E-state index is 12.5. The van der Waals surface area contributed by atoms with Crippen LogP contribution in [0.25, 0.3) is 0 Å². The molecule has 0 bridgehead atoms. The summed E-state index contributed by atoms with van der Waals surface area (Å²) < 4.78 is 31.8. The summed E-state index contributed by atoms with van der Waals surface area (Å²) in [5.74, 6) is -0.672. The van der Waals surface area contributed by atoms with Gasteiger partial charge in [0.1, 0.15) is 5.56 Å². The van der Waals surface area contributed by atoms with Crippen LogP contribution in [0, 0.1) is 10.1 Å². The van der Waals surface area contributed by atoms with Gasteiger partial charge in [-0.3, -0.25) is 19.9 Å². The molecule has 27 heavy (non-hydrogen) atoms. The standard InChI is InChI=1S/C16H20N4O6S/c1-4-5-10(2)13-9-15(18-17-13)19-27(24,25)11-6-7-12(16(21)26-3)14(8-11)20(22)23/h6-10H,4-5H2,1-3H3,(H2,17,18,19). The Balaban J connectivity index is 2.33. The first-order chi connectivity index (χ1) is 12.7. The Labute approximate surface area is 156 Å². The van der Waals surface area contributed by atoms with Crippen LogP contribution in [0.4, 0.5) is 11.5 Å². The van der Waals surface area contributed by atoms with Gasteiger partial charge in [0.05, 0.1) is 16.9 Å². The highest BCUT2D eigenvalue weighted by Gasteiger charge is 2.26.